The molecular weight excluding hydrogens is 288 g/mol. The first-order valence-corrected chi connectivity index (χ1v) is 7.55. The third kappa shape index (κ3) is 3.01. The number of hydrogen-bond acceptors (Lipinski definition) is 4. The molecule has 0 aliphatic heterocycles. The number of anilines is 2. The number of fused-ring (bicyclic) bond motifs is 1. The second-order valence-corrected chi connectivity index (χ2v) is 5.22. The van der Waals surface area contributed by atoms with Crippen LogP contribution in [0.2, 0.25) is 0 Å². The number of aromatic nitrogens is 1. The lowest BCUT2D eigenvalue weighted by Gasteiger charge is -2.12. The van der Waals surface area contributed by atoms with Gasteiger partial charge < -0.3 is 10.1 Å². The van der Waals surface area contributed by atoms with E-state index in [-0.39, 0.29) is 5.97 Å². The van der Waals surface area contributed by atoms with Crippen molar-refractivity contribution in [1.82, 2.24) is 4.98 Å². The lowest BCUT2D eigenvalue weighted by Crippen LogP contribution is -2.02. The molecule has 0 radical (unpaired) electrons. The van der Waals surface area contributed by atoms with Crippen LogP contribution in [-0.2, 0) is 11.2 Å². The highest BCUT2D eigenvalue weighted by Gasteiger charge is 2.08. The number of carbonyl (C=O) groups is 1. The van der Waals surface area contributed by atoms with Crippen LogP contribution >= 0.6 is 0 Å². The van der Waals surface area contributed by atoms with Crippen molar-refractivity contribution < 1.29 is 9.53 Å². The van der Waals surface area contributed by atoms with Crippen molar-refractivity contribution in [3.05, 3.63) is 65.9 Å². The summed E-state index contributed by atoms with van der Waals surface area (Å²) in [5.41, 5.74) is 4.54. The monoisotopic (exact) mass is 306 g/mol. The average Bonchev–Trinajstić information content (AvgIpc) is 2.61. The summed E-state index contributed by atoms with van der Waals surface area (Å²) in [6.45, 7) is 2.12. The largest absolute Gasteiger partial charge is 0.465 e. The van der Waals surface area contributed by atoms with Crippen molar-refractivity contribution in [3.8, 4) is 0 Å². The normalized spacial score (nSPS) is 10.5. The fraction of sp³-hybridized carbons (Fsp3) is 0.158. The van der Waals surface area contributed by atoms with Gasteiger partial charge in [-0.1, -0.05) is 31.2 Å². The first-order chi connectivity index (χ1) is 11.2. The van der Waals surface area contributed by atoms with Gasteiger partial charge >= 0.3 is 5.97 Å². The molecule has 2 aromatic carbocycles. The molecule has 0 aliphatic carbocycles. The van der Waals surface area contributed by atoms with Gasteiger partial charge in [-0.2, -0.15) is 0 Å². The van der Waals surface area contributed by atoms with E-state index in [1.165, 1.54) is 12.7 Å². The van der Waals surface area contributed by atoms with Gasteiger partial charge in [0.25, 0.3) is 0 Å². The van der Waals surface area contributed by atoms with Gasteiger partial charge in [-0.15, -0.1) is 0 Å². The maximum Gasteiger partial charge on any atom is 0.337 e. The smallest absolute Gasteiger partial charge is 0.337 e. The standard InChI is InChI=1S/C19H18N2O2/c1-3-13-6-5-9-16-17(10-11-20-18(13)16)21-15-8-4-7-14(12-15)19(22)23-2/h4-12H,3H2,1-2H3,(H,20,21). The molecule has 0 amide bonds. The number of pyridine rings is 1. The number of nitrogens with one attached hydrogen (secondary N) is 1. The summed E-state index contributed by atoms with van der Waals surface area (Å²) < 4.78 is 4.77. The minimum Gasteiger partial charge on any atom is -0.465 e. The Labute approximate surface area is 135 Å². The molecule has 4 heteroatoms. The van der Waals surface area contributed by atoms with Crippen LogP contribution in [0, 0.1) is 0 Å². The van der Waals surface area contributed by atoms with Crippen molar-refractivity contribution >= 4 is 28.2 Å². The van der Waals surface area contributed by atoms with Crippen molar-refractivity contribution in [2.75, 3.05) is 12.4 Å². The van der Waals surface area contributed by atoms with E-state index in [1.54, 1.807) is 18.3 Å². The van der Waals surface area contributed by atoms with E-state index in [0.717, 1.165) is 28.7 Å². The predicted octanol–water partition coefficient (Wildman–Crippen LogP) is 4.33. The SMILES string of the molecule is CCc1cccc2c(Nc3cccc(C(=O)OC)c3)ccnc12. The Balaban J connectivity index is 2.01. The Morgan fingerprint density at radius 3 is 2.78 bits per heavy atom. The molecular formula is C19H18N2O2. The van der Waals surface area contributed by atoms with Gasteiger partial charge in [0.05, 0.1) is 18.2 Å². The number of para-hydroxylation sites is 1. The number of hydrogen-bond donors (Lipinski definition) is 1. The van der Waals surface area contributed by atoms with Crippen molar-refractivity contribution in [1.29, 1.82) is 0 Å². The Bertz CT molecular complexity index is 859. The molecule has 1 aromatic heterocycles. The van der Waals surface area contributed by atoms with Crippen LogP contribution in [0.25, 0.3) is 10.9 Å². The van der Waals surface area contributed by atoms with Gasteiger partial charge in [0.1, 0.15) is 0 Å². The summed E-state index contributed by atoms with van der Waals surface area (Å²) in [4.78, 5) is 16.2. The maximum atomic E-state index is 11.7. The molecule has 3 aromatic rings. The van der Waals surface area contributed by atoms with Crippen LogP contribution in [0.1, 0.15) is 22.8 Å². The first kappa shape index (κ1) is 15.0. The molecule has 116 valence electrons. The second kappa shape index (κ2) is 6.48. The third-order valence-electron chi connectivity index (χ3n) is 3.80. The zero-order valence-corrected chi connectivity index (χ0v) is 13.2. The predicted molar refractivity (Wildman–Crippen MR) is 92.2 cm³/mol. The second-order valence-electron chi connectivity index (χ2n) is 5.22. The lowest BCUT2D eigenvalue weighted by molar-refractivity contribution is 0.0601. The summed E-state index contributed by atoms with van der Waals surface area (Å²) in [5, 5.41) is 4.43. The van der Waals surface area contributed by atoms with Gasteiger partial charge in [-0.3, -0.25) is 4.98 Å². The van der Waals surface area contributed by atoms with Gasteiger partial charge in [0.2, 0.25) is 0 Å². The molecule has 23 heavy (non-hydrogen) atoms. The molecule has 0 atom stereocenters. The van der Waals surface area contributed by atoms with E-state index in [1.807, 2.05) is 30.3 Å². The third-order valence-corrected chi connectivity index (χ3v) is 3.80. The van der Waals surface area contributed by atoms with Gasteiger partial charge in [0.15, 0.2) is 0 Å². The van der Waals surface area contributed by atoms with Crippen molar-refractivity contribution in [2.24, 2.45) is 0 Å². The average molecular weight is 306 g/mol. The zero-order valence-electron chi connectivity index (χ0n) is 13.2. The topological polar surface area (TPSA) is 51.2 Å². The highest BCUT2D eigenvalue weighted by Crippen LogP contribution is 2.27. The molecule has 0 spiro atoms. The van der Waals surface area contributed by atoms with Gasteiger partial charge in [-0.25, -0.2) is 4.79 Å². The fourth-order valence-electron chi connectivity index (χ4n) is 2.63. The molecule has 0 saturated carbocycles. The van der Waals surface area contributed by atoms with Crippen molar-refractivity contribution in [2.45, 2.75) is 13.3 Å². The molecule has 3 rings (SSSR count). The van der Waals surface area contributed by atoms with E-state index >= 15 is 0 Å². The number of ether oxygens (including phenoxy) is 1. The highest BCUT2D eigenvalue weighted by molar-refractivity contribution is 5.95. The minimum absolute atomic E-state index is 0.346. The summed E-state index contributed by atoms with van der Waals surface area (Å²) >= 11 is 0. The van der Waals surface area contributed by atoms with Crippen LogP contribution in [0.3, 0.4) is 0 Å². The van der Waals surface area contributed by atoms with E-state index in [2.05, 4.69) is 23.3 Å². The number of carbonyl (C=O) groups excluding carboxylic acids is 1. The van der Waals surface area contributed by atoms with Crippen LogP contribution in [-0.4, -0.2) is 18.1 Å². The van der Waals surface area contributed by atoms with Crippen LogP contribution in [0.5, 0.6) is 0 Å². The summed E-state index contributed by atoms with van der Waals surface area (Å²) in [6.07, 6.45) is 2.74. The fourth-order valence-corrected chi connectivity index (χ4v) is 2.63. The Morgan fingerprint density at radius 1 is 1.17 bits per heavy atom. The minimum atomic E-state index is -0.346. The number of nitrogens with zero attached hydrogens (tertiary/aromatic N) is 1. The molecule has 1 heterocycles. The zero-order chi connectivity index (χ0) is 16.2. The number of aryl methyl sites for hydroxylation is 1. The van der Waals surface area contributed by atoms with E-state index < -0.39 is 0 Å². The molecule has 0 saturated heterocycles. The number of esters is 1. The summed E-state index contributed by atoms with van der Waals surface area (Å²) in [6, 6.07) is 15.4. The van der Waals surface area contributed by atoms with Crippen molar-refractivity contribution in [3.63, 3.8) is 0 Å². The quantitative estimate of drug-likeness (QED) is 0.729. The molecule has 4 nitrogen and oxygen atoms in total. The maximum absolute atomic E-state index is 11.7. The van der Waals surface area contributed by atoms with E-state index in [9.17, 15) is 4.79 Å². The van der Waals surface area contributed by atoms with Gasteiger partial charge in [0, 0.05) is 23.0 Å². The molecule has 0 fully saturated rings. The molecule has 0 bridgehead atoms. The van der Waals surface area contributed by atoms with E-state index in [0.29, 0.717) is 5.56 Å². The lowest BCUT2D eigenvalue weighted by atomic mass is 10.1. The van der Waals surface area contributed by atoms with Crippen LogP contribution in [0.4, 0.5) is 11.4 Å². The Hall–Kier alpha value is -2.88. The summed E-state index contributed by atoms with van der Waals surface area (Å²) in [5.74, 6) is -0.346. The number of methoxy groups -OCH3 is 1. The molecule has 1 N–H and O–H groups in total. The summed E-state index contributed by atoms with van der Waals surface area (Å²) in [7, 11) is 1.38. The highest BCUT2D eigenvalue weighted by atomic mass is 16.5. The Morgan fingerprint density at radius 2 is 2.00 bits per heavy atom. The number of rotatable bonds is 4. The number of benzene rings is 2. The van der Waals surface area contributed by atoms with E-state index in [4.69, 9.17) is 4.74 Å². The molecule has 0 unspecified atom stereocenters. The van der Waals surface area contributed by atoms with Gasteiger partial charge in [-0.05, 0) is 36.2 Å². The van der Waals surface area contributed by atoms with Crippen LogP contribution < -0.4 is 5.32 Å². The molecule has 0 aliphatic rings. The first-order valence-electron chi connectivity index (χ1n) is 7.55. The Kier molecular flexibility index (Phi) is 4.24. The van der Waals surface area contributed by atoms with Crippen LogP contribution in [0.15, 0.2) is 54.7 Å².